The Morgan fingerprint density at radius 2 is 2.04 bits per heavy atom. The van der Waals surface area contributed by atoms with Crippen LogP contribution in [-0.4, -0.2) is 30.6 Å². The number of likely N-dealkylation sites (tertiary alicyclic amines) is 1. The Labute approximate surface area is 155 Å². The molecule has 2 saturated heterocycles. The second-order valence-electron chi connectivity index (χ2n) is 7.84. The van der Waals surface area contributed by atoms with Crippen LogP contribution in [0.5, 0.6) is 0 Å². The first kappa shape index (κ1) is 17.7. The zero-order valence-corrected chi connectivity index (χ0v) is 15.4. The molecule has 0 aliphatic carbocycles. The topological polar surface area (TPSA) is 27.3 Å². The van der Waals surface area contributed by atoms with Crippen LogP contribution in [0.15, 0.2) is 48.5 Å². The average Bonchev–Trinajstić information content (AvgIpc) is 3.12. The third-order valence-corrected chi connectivity index (χ3v) is 5.84. The minimum atomic E-state index is -0.141. The van der Waals surface area contributed by atoms with E-state index in [-0.39, 0.29) is 5.82 Å². The summed E-state index contributed by atoms with van der Waals surface area (Å²) in [6.45, 7) is 6.29. The van der Waals surface area contributed by atoms with Crippen LogP contribution in [-0.2, 0) is 6.54 Å². The van der Waals surface area contributed by atoms with Gasteiger partial charge in [-0.3, -0.25) is 15.8 Å². The molecule has 2 fully saturated rings. The van der Waals surface area contributed by atoms with Gasteiger partial charge in [-0.25, -0.2) is 4.39 Å². The molecule has 26 heavy (non-hydrogen) atoms. The quantitative estimate of drug-likeness (QED) is 0.879. The predicted molar refractivity (Wildman–Crippen MR) is 103 cm³/mol. The summed E-state index contributed by atoms with van der Waals surface area (Å²) in [5, 5.41) is 0. The van der Waals surface area contributed by atoms with E-state index in [4.69, 9.17) is 0 Å². The number of aryl methyl sites for hydroxylation is 1. The number of benzene rings is 2. The molecule has 4 heteroatoms. The van der Waals surface area contributed by atoms with Crippen LogP contribution in [0, 0.1) is 18.7 Å². The first-order valence-electron chi connectivity index (χ1n) is 9.71. The summed E-state index contributed by atoms with van der Waals surface area (Å²) in [7, 11) is 0. The molecule has 0 spiro atoms. The molecule has 2 aromatic rings. The number of hydrogen-bond donors (Lipinski definition) is 2. The number of nitrogens with one attached hydrogen (secondary N) is 2. The van der Waals surface area contributed by atoms with Crippen molar-refractivity contribution in [3.63, 3.8) is 0 Å². The average molecular weight is 353 g/mol. The second-order valence-corrected chi connectivity index (χ2v) is 7.84. The molecule has 0 bridgehead atoms. The smallest absolute Gasteiger partial charge is 0.123 e. The fourth-order valence-electron chi connectivity index (χ4n) is 4.62. The van der Waals surface area contributed by atoms with E-state index in [2.05, 4.69) is 53.0 Å². The van der Waals surface area contributed by atoms with Crippen LogP contribution >= 0.6 is 0 Å². The van der Waals surface area contributed by atoms with Crippen molar-refractivity contribution in [2.24, 2.45) is 5.92 Å². The molecule has 3 nitrogen and oxygen atoms in total. The standard InChI is InChI=1S/C22H28FN3/c1-16-5-2-6-17(11-16)14-26-10-4-8-19(15-26)22-21(13-24-25-22)18-7-3-9-20(23)12-18/h2-3,5-7,9,11-12,19,21-22,24-25H,4,8,10,13-15H2,1H3. The maximum absolute atomic E-state index is 13.7. The number of hydrogen-bond acceptors (Lipinski definition) is 3. The number of rotatable bonds is 4. The highest BCUT2D eigenvalue weighted by Gasteiger charge is 2.36. The van der Waals surface area contributed by atoms with Crippen LogP contribution in [0.2, 0.25) is 0 Å². The molecule has 3 unspecified atom stereocenters. The largest absolute Gasteiger partial charge is 0.299 e. The molecule has 0 aromatic heterocycles. The van der Waals surface area contributed by atoms with Gasteiger partial charge in [0.1, 0.15) is 5.82 Å². The Bertz CT molecular complexity index is 748. The highest BCUT2D eigenvalue weighted by molar-refractivity contribution is 5.25. The van der Waals surface area contributed by atoms with Gasteiger partial charge >= 0.3 is 0 Å². The first-order valence-corrected chi connectivity index (χ1v) is 9.71. The van der Waals surface area contributed by atoms with Gasteiger partial charge in [-0.2, -0.15) is 0 Å². The monoisotopic (exact) mass is 353 g/mol. The number of hydrazine groups is 1. The third kappa shape index (κ3) is 3.98. The Balaban J connectivity index is 1.45. The van der Waals surface area contributed by atoms with Crippen LogP contribution in [0.4, 0.5) is 4.39 Å². The fraction of sp³-hybridized carbons (Fsp3) is 0.455. The second kappa shape index (κ2) is 7.87. The third-order valence-electron chi connectivity index (χ3n) is 5.84. The SMILES string of the molecule is Cc1cccc(CN2CCCC(C3NNCC3c3cccc(F)c3)C2)c1. The molecule has 3 atom stereocenters. The molecule has 0 radical (unpaired) electrons. The Hall–Kier alpha value is -1.75. The molecular formula is C22H28FN3. The van der Waals surface area contributed by atoms with Crippen molar-refractivity contribution in [2.45, 2.75) is 38.3 Å². The summed E-state index contributed by atoms with van der Waals surface area (Å²) >= 11 is 0. The number of halogens is 1. The molecule has 2 heterocycles. The van der Waals surface area contributed by atoms with E-state index in [0.29, 0.717) is 17.9 Å². The first-order chi connectivity index (χ1) is 12.7. The molecule has 4 rings (SSSR count). The molecule has 0 saturated carbocycles. The predicted octanol–water partition coefficient (Wildman–Crippen LogP) is 3.61. The van der Waals surface area contributed by atoms with E-state index in [1.807, 2.05) is 6.07 Å². The van der Waals surface area contributed by atoms with E-state index < -0.39 is 0 Å². The van der Waals surface area contributed by atoms with Gasteiger partial charge < -0.3 is 0 Å². The summed E-state index contributed by atoms with van der Waals surface area (Å²) in [6, 6.07) is 16.3. The molecule has 0 amide bonds. The minimum Gasteiger partial charge on any atom is -0.299 e. The van der Waals surface area contributed by atoms with E-state index in [0.717, 1.165) is 31.7 Å². The van der Waals surface area contributed by atoms with Gasteiger partial charge in [0.15, 0.2) is 0 Å². The van der Waals surface area contributed by atoms with E-state index in [1.165, 1.54) is 30.0 Å². The van der Waals surface area contributed by atoms with Crippen LogP contribution in [0.25, 0.3) is 0 Å². The lowest BCUT2D eigenvalue weighted by Crippen LogP contribution is -2.46. The molecule has 2 N–H and O–H groups in total. The Kier molecular flexibility index (Phi) is 5.34. The summed E-state index contributed by atoms with van der Waals surface area (Å²) < 4.78 is 13.7. The zero-order valence-electron chi connectivity index (χ0n) is 15.4. The normalized spacial score (nSPS) is 26.9. The van der Waals surface area contributed by atoms with Gasteiger partial charge in [-0.05, 0) is 55.5 Å². The summed E-state index contributed by atoms with van der Waals surface area (Å²) in [5.41, 5.74) is 10.6. The van der Waals surface area contributed by atoms with Gasteiger partial charge in [-0.1, -0.05) is 42.0 Å². The fourth-order valence-corrected chi connectivity index (χ4v) is 4.62. The minimum absolute atomic E-state index is 0.141. The van der Waals surface area contributed by atoms with Gasteiger partial charge in [0, 0.05) is 31.6 Å². The number of nitrogens with zero attached hydrogens (tertiary/aromatic N) is 1. The highest BCUT2D eigenvalue weighted by Crippen LogP contribution is 2.32. The Morgan fingerprint density at radius 3 is 2.88 bits per heavy atom. The van der Waals surface area contributed by atoms with Gasteiger partial charge in [0.05, 0.1) is 0 Å². The van der Waals surface area contributed by atoms with Crippen molar-refractivity contribution >= 4 is 0 Å². The zero-order chi connectivity index (χ0) is 17.9. The lowest BCUT2D eigenvalue weighted by molar-refractivity contribution is 0.139. The summed E-state index contributed by atoms with van der Waals surface area (Å²) in [5.74, 6) is 0.768. The van der Waals surface area contributed by atoms with E-state index in [1.54, 1.807) is 6.07 Å². The summed E-state index contributed by atoms with van der Waals surface area (Å²) in [6.07, 6.45) is 2.46. The van der Waals surface area contributed by atoms with Crippen molar-refractivity contribution in [1.29, 1.82) is 0 Å². The summed E-state index contributed by atoms with van der Waals surface area (Å²) in [4.78, 5) is 2.57. The van der Waals surface area contributed by atoms with E-state index >= 15 is 0 Å². The lowest BCUT2D eigenvalue weighted by atomic mass is 9.81. The van der Waals surface area contributed by atoms with E-state index in [9.17, 15) is 4.39 Å². The molecular weight excluding hydrogens is 325 g/mol. The van der Waals surface area contributed by atoms with Crippen molar-refractivity contribution in [2.75, 3.05) is 19.6 Å². The van der Waals surface area contributed by atoms with Crippen molar-refractivity contribution in [1.82, 2.24) is 15.8 Å². The van der Waals surface area contributed by atoms with Gasteiger partial charge in [-0.15, -0.1) is 0 Å². The van der Waals surface area contributed by atoms with Crippen LogP contribution < -0.4 is 10.9 Å². The molecule has 2 aromatic carbocycles. The van der Waals surface area contributed by atoms with Crippen molar-refractivity contribution in [3.05, 3.63) is 71.0 Å². The lowest BCUT2D eigenvalue weighted by Gasteiger charge is -2.37. The number of piperidine rings is 1. The van der Waals surface area contributed by atoms with Crippen molar-refractivity contribution in [3.8, 4) is 0 Å². The van der Waals surface area contributed by atoms with Crippen molar-refractivity contribution < 1.29 is 4.39 Å². The molecule has 138 valence electrons. The molecule has 2 aliphatic heterocycles. The van der Waals surface area contributed by atoms with Crippen LogP contribution in [0.3, 0.4) is 0 Å². The highest BCUT2D eigenvalue weighted by atomic mass is 19.1. The Morgan fingerprint density at radius 1 is 1.15 bits per heavy atom. The maximum atomic E-state index is 13.7. The molecule has 2 aliphatic rings. The maximum Gasteiger partial charge on any atom is 0.123 e. The van der Waals surface area contributed by atoms with Crippen LogP contribution in [0.1, 0.15) is 35.4 Å². The van der Waals surface area contributed by atoms with Gasteiger partial charge in [0.2, 0.25) is 0 Å². The van der Waals surface area contributed by atoms with Gasteiger partial charge in [0.25, 0.3) is 0 Å².